The summed E-state index contributed by atoms with van der Waals surface area (Å²) in [5.41, 5.74) is 6.54. The van der Waals surface area contributed by atoms with Crippen LogP contribution in [0.5, 0.6) is 0 Å². The minimum atomic E-state index is -2.44. The predicted molar refractivity (Wildman–Crippen MR) is 134 cm³/mol. The molecule has 1 N–H and O–H groups in total. The van der Waals surface area contributed by atoms with E-state index in [1.54, 1.807) is 17.1 Å². The minimum Gasteiger partial charge on any atom is -0.357 e. The van der Waals surface area contributed by atoms with Crippen molar-refractivity contribution in [2.45, 2.75) is 71.8 Å². The van der Waals surface area contributed by atoms with E-state index in [-0.39, 0.29) is 5.78 Å². The molecule has 3 aliphatic rings. The molecule has 3 atom stereocenters. The fourth-order valence-electron chi connectivity index (χ4n) is 5.60. The van der Waals surface area contributed by atoms with Crippen LogP contribution in [0.2, 0.25) is 0 Å². The molecule has 192 valence electrons. The van der Waals surface area contributed by atoms with Gasteiger partial charge in [-0.3, -0.25) is 14.6 Å². The number of aromatic amines is 1. The van der Waals surface area contributed by atoms with E-state index < -0.39 is 17.8 Å². The number of rotatable bonds is 4. The van der Waals surface area contributed by atoms with Crippen LogP contribution in [-0.2, 0) is 13.0 Å². The Bertz CT molecular complexity index is 1250. The van der Waals surface area contributed by atoms with Crippen LogP contribution in [0.1, 0.15) is 77.6 Å². The zero-order chi connectivity index (χ0) is 25.6. The van der Waals surface area contributed by atoms with Gasteiger partial charge in [0, 0.05) is 48.4 Å². The van der Waals surface area contributed by atoms with Gasteiger partial charge in [-0.05, 0) is 63.6 Å². The number of aryl methyl sites for hydroxylation is 2. The third-order valence-electron chi connectivity index (χ3n) is 8.06. The van der Waals surface area contributed by atoms with Crippen LogP contribution in [0.15, 0.2) is 24.5 Å². The second-order valence-corrected chi connectivity index (χ2v) is 10.5. The highest BCUT2D eigenvalue weighted by Gasteiger charge is 2.67. The summed E-state index contributed by atoms with van der Waals surface area (Å²) in [7, 11) is 0. The van der Waals surface area contributed by atoms with Crippen molar-refractivity contribution in [2.24, 2.45) is 11.8 Å². The zero-order valence-electron chi connectivity index (χ0n) is 21.4. The van der Waals surface area contributed by atoms with Crippen LogP contribution in [-0.4, -0.2) is 49.8 Å². The molecule has 6 rings (SSSR count). The molecular formula is C27H34F2N6O. The fourth-order valence-corrected chi connectivity index (χ4v) is 5.60. The first-order valence-electron chi connectivity index (χ1n) is 12.8. The van der Waals surface area contributed by atoms with E-state index >= 15 is 0 Å². The maximum atomic E-state index is 13.5. The van der Waals surface area contributed by atoms with Gasteiger partial charge in [-0.2, -0.15) is 10.2 Å². The second kappa shape index (κ2) is 9.41. The molecule has 2 aliphatic carbocycles. The smallest absolute Gasteiger partial charge is 0.254 e. The number of H-pyrrole nitrogens is 1. The molecule has 0 amide bonds. The van der Waals surface area contributed by atoms with E-state index in [1.165, 1.54) is 36.7 Å². The van der Waals surface area contributed by atoms with Gasteiger partial charge in [-0.25, -0.2) is 13.8 Å². The molecular weight excluding hydrogens is 462 g/mol. The average molecular weight is 497 g/mol. The van der Waals surface area contributed by atoms with Gasteiger partial charge in [0.15, 0.2) is 5.78 Å². The molecule has 1 aliphatic heterocycles. The van der Waals surface area contributed by atoms with Crippen molar-refractivity contribution in [3.05, 3.63) is 58.3 Å². The zero-order valence-corrected chi connectivity index (χ0v) is 21.4. The highest BCUT2D eigenvalue weighted by atomic mass is 19.3. The van der Waals surface area contributed by atoms with Crippen LogP contribution >= 0.6 is 0 Å². The number of Topliss-reactive ketones (excluding diaryl/α,β-unsaturated/α-hetero) is 1. The van der Waals surface area contributed by atoms with Gasteiger partial charge < -0.3 is 4.90 Å². The number of hydrogen-bond acceptors (Lipinski definition) is 5. The monoisotopic (exact) mass is 496 g/mol. The maximum absolute atomic E-state index is 13.5. The van der Waals surface area contributed by atoms with Crippen molar-refractivity contribution < 1.29 is 13.6 Å². The van der Waals surface area contributed by atoms with E-state index in [1.807, 2.05) is 19.1 Å². The normalized spacial score (nSPS) is 23.8. The molecule has 1 saturated carbocycles. The van der Waals surface area contributed by atoms with Crippen molar-refractivity contribution in [1.29, 1.82) is 0 Å². The molecule has 4 heterocycles. The maximum Gasteiger partial charge on any atom is 0.254 e. The summed E-state index contributed by atoms with van der Waals surface area (Å²) in [6, 6.07) is 3.96. The van der Waals surface area contributed by atoms with Crippen molar-refractivity contribution in [1.82, 2.24) is 25.0 Å². The Balaban J connectivity index is 0.000000222. The summed E-state index contributed by atoms with van der Waals surface area (Å²) in [6.07, 6.45) is 6.86. The van der Waals surface area contributed by atoms with Crippen LogP contribution in [0.3, 0.4) is 0 Å². The van der Waals surface area contributed by atoms with Crippen molar-refractivity contribution >= 4 is 11.6 Å². The summed E-state index contributed by atoms with van der Waals surface area (Å²) < 4.78 is 28.8. The number of nitrogens with one attached hydrogen (secondary N) is 1. The lowest BCUT2D eigenvalue weighted by Gasteiger charge is -2.23. The van der Waals surface area contributed by atoms with Gasteiger partial charge in [-0.15, -0.1) is 0 Å². The van der Waals surface area contributed by atoms with Crippen LogP contribution in [0, 0.1) is 25.7 Å². The second-order valence-electron chi connectivity index (χ2n) is 10.5. The van der Waals surface area contributed by atoms with E-state index in [0.29, 0.717) is 44.0 Å². The number of ketones is 1. The lowest BCUT2D eigenvalue weighted by atomic mass is 10.1. The lowest BCUT2D eigenvalue weighted by Crippen LogP contribution is -2.27. The highest BCUT2D eigenvalue weighted by molar-refractivity contribution is 5.93. The SMILES string of the molecule is CC(=O)c1cnn(Cc2ccc(N3CCC4C(CC3)C4(F)F)nc2C)c1.Cc1[nH]nc2c1CCC2C. The number of aromatic nitrogens is 5. The standard InChI is InChI=1S/C19H22F2N4O.C8H12N2/c1-12-14(10-25-11-15(9-22-25)13(2)26)3-4-18(23-12)24-7-5-16-17(6-8-24)19(16,20)21;1-5-3-4-7-6(2)9-10-8(5)7/h3-4,9,11,16-17H,5-8,10H2,1-2H3;5H,3-4H2,1-2H3,(H,9,10). The first-order chi connectivity index (χ1) is 17.1. The fraction of sp³-hybridized carbons (Fsp3) is 0.556. The van der Waals surface area contributed by atoms with Crippen LogP contribution < -0.4 is 4.90 Å². The first kappa shape index (κ1) is 24.6. The van der Waals surface area contributed by atoms with Gasteiger partial charge in [0.2, 0.25) is 0 Å². The van der Waals surface area contributed by atoms with Crippen molar-refractivity contribution in [3.8, 4) is 0 Å². The molecule has 3 aromatic heterocycles. The molecule has 9 heteroatoms. The summed E-state index contributed by atoms with van der Waals surface area (Å²) in [5, 5.41) is 11.5. The summed E-state index contributed by atoms with van der Waals surface area (Å²) in [5.74, 6) is -1.81. The number of fused-ring (bicyclic) bond motifs is 2. The number of pyridine rings is 1. The Morgan fingerprint density at radius 3 is 2.50 bits per heavy atom. The average Bonchev–Trinajstić information content (AvgIpc) is 3.24. The Labute approximate surface area is 210 Å². The van der Waals surface area contributed by atoms with Crippen molar-refractivity contribution in [2.75, 3.05) is 18.0 Å². The molecule has 2 fully saturated rings. The molecule has 1 saturated heterocycles. The summed E-state index contributed by atoms with van der Waals surface area (Å²) in [6.45, 7) is 9.60. The van der Waals surface area contributed by atoms with Gasteiger partial charge in [-0.1, -0.05) is 13.0 Å². The van der Waals surface area contributed by atoms with E-state index in [2.05, 4.69) is 39.0 Å². The van der Waals surface area contributed by atoms with E-state index in [4.69, 9.17) is 0 Å². The molecule has 3 unspecified atom stereocenters. The van der Waals surface area contributed by atoms with Gasteiger partial charge in [0.05, 0.1) is 24.0 Å². The predicted octanol–water partition coefficient (Wildman–Crippen LogP) is 5.09. The third kappa shape index (κ3) is 4.67. The first-order valence-corrected chi connectivity index (χ1v) is 12.8. The molecule has 3 aromatic rings. The lowest BCUT2D eigenvalue weighted by molar-refractivity contribution is 0.0803. The topological polar surface area (TPSA) is 79.7 Å². The Kier molecular flexibility index (Phi) is 6.43. The molecule has 0 bridgehead atoms. The van der Waals surface area contributed by atoms with Crippen LogP contribution in [0.25, 0.3) is 0 Å². The Morgan fingerprint density at radius 2 is 1.89 bits per heavy atom. The highest BCUT2D eigenvalue weighted by Crippen LogP contribution is 2.59. The molecule has 0 aromatic carbocycles. The molecule has 0 spiro atoms. The van der Waals surface area contributed by atoms with E-state index in [9.17, 15) is 13.6 Å². The number of carbonyl (C=O) groups excluding carboxylic acids is 1. The molecule has 7 nitrogen and oxygen atoms in total. The van der Waals surface area contributed by atoms with Crippen LogP contribution in [0.4, 0.5) is 14.6 Å². The Morgan fingerprint density at radius 1 is 1.17 bits per heavy atom. The van der Waals surface area contributed by atoms with E-state index in [0.717, 1.165) is 17.1 Å². The Hall–Kier alpha value is -3.10. The molecule has 0 radical (unpaired) electrons. The van der Waals surface area contributed by atoms with Gasteiger partial charge in [0.25, 0.3) is 5.92 Å². The largest absolute Gasteiger partial charge is 0.357 e. The number of nitrogens with zero attached hydrogens (tertiary/aromatic N) is 5. The number of carbonyl (C=O) groups is 1. The van der Waals surface area contributed by atoms with Gasteiger partial charge >= 0.3 is 0 Å². The molecule has 36 heavy (non-hydrogen) atoms. The summed E-state index contributed by atoms with van der Waals surface area (Å²) >= 11 is 0. The summed E-state index contributed by atoms with van der Waals surface area (Å²) in [4.78, 5) is 18.2. The number of alkyl halides is 2. The van der Waals surface area contributed by atoms with Crippen molar-refractivity contribution in [3.63, 3.8) is 0 Å². The minimum absolute atomic E-state index is 0.00812. The van der Waals surface area contributed by atoms with Gasteiger partial charge in [0.1, 0.15) is 5.82 Å². The number of halogens is 2. The number of anilines is 1. The third-order valence-corrected chi connectivity index (χ3v) is 8.06. The quantitative estimate of drug-likeness (QED) is 0.509. The number of hydrogen-bond donors (Lipinski definition) is 1.